The number of hydrogen-bond donors (Lipinski definition) is 1. The highest BCUT2D eigenvalue weighted by molar-refractivity contribution is 6.03. The first-order valence-electron chi connectivity index (χ1n) is 8.12. The molecule has 26 heavy (non-hydrogen) atoms. The molecule has 0 saturated carbocycles. The lowest BCUT2D eigenvalue weighted by atomic mass is 10.2. The van der Waals surface area contributed by atoms with Gasteiger partial charge in [-0.25, -0.2) is 14.3 Å². The zero-order chi connectivity index (χ0) is 18.7. The molecule has 0 amide bonds. The Morgan fingerprint density at radius 2 is 1.73 bits per heavy atom. The van der Waals surface area contributed by atoms with E-state index in [0.717, 1.165) is 0 Å². The minimum absolute atomic E-state index is 0.00695. The van der Waals surface area contributed by atoms with Gasteiger partial charge >= 0.3 is 11.9 Å². The summed E-state index contributed by atoms with van der Waals surface area (Å²) in [5.41, 5.74) is 0.123. The second-order valence-corrected chi connectivity index (χ2v) is 5.31. The Morgan fingerprint density at radius 3 is 2.38 bits per heavy atom. The number of rotatable bonds is 5. The highest BCUT2D eigenvalue weighted by Gasteiger charge is 2.23. The molecule has 1 N–H and O–H groups in total. The standard InChI is InChI=1S/C18H17N3O5/c1-3-25-17(23)13-10-12-14(18(24)26-4-2)20-21(15(12)19-16(13)22)11-8-6-5-7-9-11/h5-10H,3-4H2,1-2H3,(H,19,22). The summed E-state index contributed by atoms with van der Waals surface area (Å²) in [6.07, 6.45) is 0. The quantitative estimate of drug-likeness (QED) is 0.703. The minimum atomic E-state index is -0.766. The van der Waals surface area contributed by atoms with Crippen molar-refractivity contribution < 1.29 is 19.1 Å². The average molecular weight is 355 g/mol. The molecule has 0 unspecified atom stereocenters. The highest BCUT2D eigenvalue weighted by atomic mass is 16.5. The van der Waals surface area contributed by atoms with Crippen LogP contribution in [-0.4, -0.2) is 39.9 Å². The van der Waals surface area contributed by atoms with E-state index in [1.807, 2.05) is 6.07 Å². The smallest absolute Gasteiger partial charge is 0.359 e. The first kappa shape index (κ1) is 17.4. The number of carbonyl (C=O) groups is 2. The van der Waals surface area contributed by atoms with Gasteiger partial charge in [-0.15, -0.1) is 0 Å². The number of benzene rings is 1. The van der Waals surface area contributed by atoms with E-state index in [1.54, 1.807) is 38.1 Å². The normalized spacial score (nSPS) is 10.7. The van der Waals surface area contributed by atoms with Gasteiger partial charge in [0.25, 0.3) is 5.56 Å². The number of para-hydroxylation sites is 1. The van der Waals surface area contributed by atoms with Crippen LogP contribution in [0.5, 0.6) is 0 Å². The maximum atomic E-state index is 12.3. The number of fused-ring (bicyclic) bond motifs is 1. The van der Waals surface area contributed by atoms with Crippen molar-refractivity contribution in [2.45, 2.75) is 13.8 Å². The van der Waals surface area contributed by atoms with Crippen LogP contribution in [0.15, 0.2) is 41.2 Å². The third-order valence-electron chi connectivity index (χ3n) is 3.65. The van der Waals surface area contributed by atoms with Gasteiger partial charge in [0, 0.05) is 0 Å². The van der Waals surface area contributed by atoms with Gasteiger partial charge in [-0.1, -0.05) is 18.2 Å². The summed E-state index contributed by atoms with van der Waals surface area (Å²) in [6, 6.07) is 10.3. The number of H-pyrrole nitrogens is 1. The lowest BCUT2D eigenvalue weighted by molar-refractivity contribution is 0.0511. The van der Waals surface area contributed by atoms with Crippen LogP contribution in [0.3, 0.4) is 0 Å². The van der Waals surface area contributed by atoms with E-state index < -0.39 is 17.5 Å². The fourth-order valence-corrected chi connectivity index (χ4v) is 2.54. The fourth-order valence-electron chi connectivity index (χ4n) is 2.54. The first-order valence-corrected chi connectivity index (χ1v) is 8.12. The Morgan fingerprint density at radius 1 is 1.08 bits per heavy atom. The van der Waals surface area contributed by atoms with Crippen LogP contribution in [-0.2, 0) is 9.47 Å². The number of nitrogens with one attached hydrogen (secondary N) is 1. The van der Waals surface area contributed by atoms with E-state index in [0.29, 0.717) is 11.1 Å². The van der Waals surface area contributed by atoms with E-state index >= 15 is 0 Å². The van der Waals surface area contributed by atoms with Crippen molar-refractivity contribution in [3.05, 3.63) is 58.0 Å². The van der Waals surface area contributed by atoms with Crippen LogP contribution < -0.4 is 5.56 Å². The van der Waals surface area contributed by atoms with Crippen molar-refractivity contribution in [3.63, 3.8) is 0 Å². The highest BCUT2D eigenvalue weighted by Crippen LogP contribution is 2.21. The molecule has 0 aliphatic rings. The Labute approximate surface area is 148 Å². The molecule has 0 fully saturated rings. The molecule has 3 rings (SSSR count). The van der Waals surface area contributed by atoms with Crippen LogP contribution in [0.4, 0.5) is 0 Å². The molecule has 0 saturated heterocycles. The maximum Gasteiger partial charge on any atom is 0.359 e. The number of ether oxygens (including phenoxy) is 2. The number of hydrogen-bond acceptors (Lipinski definition) is 6. The van der Waals surface area contributed by atoms with Gasteiger partial charge in [0.05, 0.1) is 24.3 Å². The predicted octanol–water partition coefficient (Wildman–Crippen LogP) is 2.07. The monoisotopic (exact) mass is 355 g/mol. The number of nitrogens with zero attached hydrogens (tertiary/aromatic N) is 2. The zero-order valence-electron chi connectivity index (χ0n) is 14.3. The Balaban J connectivity index is 2.27. The molecule has 0 atom stereocenters. The number of aromatic amines is 1. The largest absolute Gasteiger partial charge is 0.462 e. The Hall–Kier alpha value is -3.42. The van der Waals surface area contributed by atoms with Crippen molar-refractivity contribution in [2.24, 2.45) is 0 Å². The maximum absolute atomic E-state index is 12.3. The van der Waals surface area contributed by atoms with Gasteiger partial charge in [-0.05, 0) is 32.0 Å². The second kappa shape index (κ2) is 7.22. The molecule has 8 nitrogen and oxygen atoms in total. The topological polar surface area (TPSA) is 103 Å². The molecular weight excluding hydrogens is 338 g/mol. The van der Waals surface area contributed by atoms with Gasteiger partial charge in [-0.3, -0.25) is 4.79 Å². The zero-order valence-corrected chi connectivity index (χ0v) is 14.3. The van der Waals surface area contributed by atoms with Crippen LogP contribution >= 0.6 is 0 Å². The van der Waals surface area contributed by atoms with E-state index in [4.69, 9.17) is 9.47 Å². The summed E-state index contributed by atoms with van der Waals surface area (Å²) in [6.45, 7) is 3.62. The van der Waals surface area contributed by atoms with Crippen LogP contribution in [0.25, 0.3) is 16.7 Å². The van der Waals surface area contributed by atoms with Gasteiger partial charge in [-0.2, -0.15) is 5.10 Å². The molecule has 8 heteroatoms. The molecule has 1 aromatic carbocycles. The average Bonchev–Trinajstić information content (AvgIpc) is 3.00. The van der Waals surface area contributed by atoms with Gasteiger partial charge in [0.2, 0.25) is 0 Å². The van der Waals surface area contributed by atoms with Crippen LogP contribution in [0, 0.1) is 0 Å². The van der Waals surface area contributed by atoms with E-state index in [2.05, 4.69) is 10.1 Å². The molecule has 0 spiro atoms. The molecule has 0 aliphatic heterocycles. The molecule has 3 aromatic rings. The van der Waals surface area contributed by atoms with E-state index in [1.165, 1.54) is 10.7 Å². The van der Waals surface area contributed by atoms with Crippen molar-refractivity contribution in [1.82, 2.24) is 14.8 Å². The van der Waals surface area contributed by atoms with Crippen LogP contribution in [0.1, 0.15) is 34.7 Å². The molecular formula is C18H17N3O5. The molecule has 2 aromatic heterocycles. The summed E-state index contributed by atoms with van der Waals surface area (Å²) in [7, 11) is 0. The van der Waals surface area contributed by atoms with E-state index in [-0.39, 0.29) is 30.1 Å². The van der Waals surface area contributed by atoms with Crippen molar-refractivity contribution >= 4 is 23.0 Å². The molecule has 2 heterocycles. The predicted molar refractivity (Wildman–Crippen MR) is 93.6 cm³/mol. The third-order valence-corrected chi connectivity index (χ3v) is 3.65. The number of aromatic nitrogens is 3. The Bertz CT molecular complexity index is 1020. The molecule has 0 aliphatic carbocycles. The third kappa shape index (κ3) is 3.08. The molecule has 0 radical (unpaired) electrons. The van der Waals surface area contributed by atoms with E-state index in [9.17, 15) is 14.4 Å². The minimum Gasteiger partial charge on any atom is -0.462 e. The van der Waals surface area contributed by atoms with Crippen molar-refractivity contribution in [1.29, 1.82) is 0 Å². The lowest BCUT2D eigenvalue weighted by Crippen LogP contribution is -2.20. The van der Waals surface area contributed by atoms with Gasteiger partial charge in [0.1, 0.15) is 11.2 Å². The first-order chi connectivity index (χ1) is 12.6. The fraction of sp³-hybridized carbons (Fsp3) is 0.222. The lowest BCUT2D eigenvalue weighted by Gasteiger charge is -2.04. The van der Waals surface area contributed by atoms with Crippen molar-refractivity contribution in [3.8, 4) is 5.69 Å². The summed E-state index contributed by atoms with van der Waals surface area (Å²) < 4.78 is 11.4. The van der Waals surface area contributed by atoms with Crippen molar-refractivity contribution in [2.75, 3.05) is 13.2 Å². The van der Waals surface area contributed by atoms with Gasteiger partial charge in [0.15, 0.2) is 5.69 Å². The summed E-state index contributed by atoms with van der Waals surface area (Å²) in [4.78, 5) is 39.2. The summed E-state index contributed by atoms with van der Waals surface area (Å²) in [5, 5.41) is 4.59. The molecule has 134 valence electrons. The number of pyridine rings is 1. The summed E-state index contributed by atoms with van der Waals surface area (Å²) >= 11 is 0. The van der Waals surface area contributed by atoms with Gasteiger partial charge < -0.3 is 14.5 Å². The number of carbonyl (C=O) groups excluding carboxylic acids is 2. The Kier molecular flexibility index (Phi) is 4.83. The molecule has 0 bridgehead atoms. The summed E-state index contributed by atoms with van der Waals surface area (Å²) in [5.74, 6) is -1.41. The second-order valence-electron chi connectivity index (χ2n) is 5.31. The van der Waals surface area contributed by atoms with Crippen LogP contribution in [0.2, 0.25) is 0 Å². The SMILES string of the molecule is CCOC(=O)c1cc2c(C(=O)OCC)nn(-c3ccccc3)c2[nH]c1=O. The number of esters is 2.